The van der Waals surface area contributed by atoms with Gasteiger partial charge in [-0.05, 0) is 88.2 Å². The van der Waals surface area contributed by atoms with Crippen LogP contribution < -0.4 is 10.1 Å². The standard InChI is InChI=1S/C20H24FNO.C6H14O.C4H8.CH4O.H2/c1-3-14-6-8-16(9-7-14)20(22-2)17-10-11-18(21)19(12-17)23-13-15-4-5-15;1-3-5-6-7-4-2;1-3-4-2;1-2;/h6-12,15,20,22H,3-5,13H2,1-2H3;3-6H2,1-2H3;3-4H,1-2H3;2H,1H3;1H/b;;4-3+;;/t20-;;;;/m1..../s1. The number of hydrogen-bond donors (Lipinski definition) is 2. The van der Waals surface area contributed by atoms with E-state index < -0.39 is 0 Å². The molecule has 0 bridgehead atoms. The molecule has 1 saturated carbocycles. The molecular weight excluding hydrogens is 453 g/mol. The van der Waals surface area contributed by atoms with E-state index in [1.165, 1.54) is 42.9 Å². The third-order valence-corrected chi connectivity index (χ3v) is 5.65. The Kier molecular flexibility index (Phi) is 20.7. The van der Waals surface area contributed by atoms with Gasteiger partial charge in [0.15, 0.2) is 11.6 Å². The lowest BCUT2D eigenvalue weighted by Gasteiger charge is -2.19. The van der Waals surface area contributed by atoms with Crippen LogP contribution in [0.1, 0.15) is 84.5 Å². The lowest BCUT2D eigenvalue weighted by atomic mass is 9.97. The number of unbranched alkanes of at least 4 members (excludes halogenated alkanes) is 1. The molecule has 5 heteroatoms. The maximum absolute atomic E-state index is 14.0. The van der Waals surface area contributed by atoms with E-state index in [9.17, 15) is 4.39 Å². The van der Waals surface area contributed by atoms with Crippen LogP contribution >= 0.6 is 0 Å². The molecule has 0 aromatic heterocycles. The Bertz CT molecular complexity index is 803. The number of aryl methyl sites for hydroxylation is 1. The summed E-state index contributed by atoms with van der Waals surface area (Å²) in [7, 11) is 2.92. The molecule has 2 N–H and O–H groups in total. The van der Waals surface area contributed by atoms with Crippen molar-refractivity contribution in [2.24, 2.45) is 5.92 Å². The van der Waals surface area contributed by atoms with Gasteiger partial charge in [0.05, 0.1) is 12.6 Å². The molecule has 0 amide bonds. The summed E-state index contributed by atoms with van der Waals surface area (Å²) in [5.41, 5.74) is 3.50. The van der Waals surface area contributed by atoms with Gasteiger partial charge in [-0.15, -0.1) is 0 Å². The van der Waals surface area contributed by atoms with Gasteiger partial charge in [0.2, 0.25) is 0 Å². The highest BCUT2D eigenvalue weighted by Crippen LogP contribution is 2.32. The summed E-state index contributed by atoms with van der Waals surface area (Å²) in [6.45, 7) is 12.8. The molecule has 0 heterocycles. The zero-order valence-electron chi connectivity index (χ0n) is 23.6. The van der Waals surface area contributed by atoms with Crippen LogP contribution in [0.3, 0.4) is 0 Å². The quantitative estimate of drug-likeness (QED) is 0.242. The zero-order chi connectivity index (χ0) is 27.2. The fourth-order valence-electron chi connectivity index (χ4n) is 3.16. The van der Waals surface area contributed by atoms with Gasteiger partial charge in [-0.2, -0.15) is 0 Å². The number of allylic oxidation sites excluding steroid dienone is 2. The second kappa shape index (κ2) is 22.0. The molecule has 0 saturated heterocycles. The van der Waals surface area contributed by atoms with Crippen LogP contribution in [-0.2, 0) is 11.2 Å². The van der Waals surface area contributed by atoms with Gasteiger partial charge < -0.3 is 19.9 Å². The molecule has 0 aliphatic heterocycles. The van der Waals surface area contributed by atoms with Crippen molar-refractivity contribution >= 4 is 0 Å². The van der Waals surface area contributed by atoms with Crippen LogP contribution in [0.4, 0.5) is 4.39 Å². The lowest BCUT2D eigenvalue weighted by molar-refractivity contribution is 0.144. The van der Waals surface area contributed by atoms with Crippen molar-refractivity contribution in [1.82, 2.24) is 5.32 Å². The summed E-state index contributed by atoms with van der Waals surface area (Å²) in [5, 5.41) is 10.3. The number of nitrogens with one attached hydrogen (secondary N) is 1. The average molecular weight is 506 g/mol. The zero-order valence-corrected chi connectivity index (χ0v) is 23.6. The first-order chi connectivity index (χ1) is 17.5. The fourth-order valence-corrected chi connectivity index (χ4v) is 3.16. The molecule has 3 rings (SSSR count). The Labute approximate surface area is 221 Å². The minimum atomic E-state index is -0.286. The van der Waals surface area contributed by atoms with Crippen molar-refractivity contribution < 1.29 is 20.4 Å². The number of ether oxygens (including phenoxy) is 2. The summed E-state index contributed by atoms with van der Waals surface area (Å²) in [6, 6.07) is 13.7. The van der Waals surface area contributed by atoms with Gasteiger partial charge in [-0.3, -0.25) is 0 Å². The summed E-state index contributed by atoms with van der Waals surface area (Å²) in [4.78, 5) is 0. The van der Waals surface area contributed by atoms with Gasteiger partial charge >= 0.3 is 0 Å². The van der Waals surface area contributed by atoms with Crippen molar-refractivity contribution in [2.75, 3.05) is 34.0 Å². The molecule has 4 nitrogen and oxygen atoms in total. The Hall–Kier alpha value is -2.21. The Balaban J connectivity index is 0. The highest BCUT2D eigenvalue weighted by Gasteiger charge is 2.23. The van der Waals surface area contributed by atoms with Gasteiger partial charge in [0.1, 0.15) is 0 Å². The van der Waals surface area contributed by atoms with Gasteiger partial charge in [-0.25, -0.2) is 4.39 Å². The predicted molar refractivity (Wildman–Crippen MR) is 153 cm³/mol. The van der Waals surface area contributed by atoms with E-state index in [0.717, 1.165) is 32.3 Å². The third-order valence-electron chi connectivity index (χ3n) is 5.65. The minimum Gasteiger partial charge on any atom is -0.490 e. The van der Waals surface area contributed by atoms with E-state index in [4.69, 9.17) is 14.6 Å². The van der Waals surface area contributed by atoms with Gasteiger partial charge in [-0.1, -0.05) is 62.8 Å². The first kappa shape index (κ1) is 33.8. The first-order valence-electron chi connectivity index (χ1n) is 13.3. The van der Waals surface area contributed by atoms with E-state index in [1.54, 1.807) is 0 Å². The minimum absolute atomic E-state index is 0. The maximum atomic E-state index is 14.0. The van der Waals surface area contributed by atoms with Crippen molar-refractivity contribution in [3.8, 4) is 5.75 Å². The Morgan fingerprint density at radius 3 is 2.11 bits per heavy atom. The SMILES string of the molecule is C/C=C/C.CCCCOCC.CCc1ccc([C@@H](NC)c2ccc(F)c(OCC3CC3)c2)cc1.CO.[HH]. The number of hydrogen-bond acceptors (Lipinski definition) is 4. The number of halogens is 1. The van der Waals surface area contributed by atoms with Crippen LogP contribution in [0.25, 0.3) is 0 Å². The van der Waals surface area contributed by atoms with Crippen LogP contribution in [0, 0.1) is 11.7 Å². The van der Waals surface area contributed by atoms with Crippen LogP contribution in [-0.4, -0.2) is 39.1 Å². The number of aliphatic hydroxyl groups is 1. The van der Waals surface area contributed by atoms with Crippen LogP contribution in [0.15, 0.2) is 54.6 Å². The Morgan fingerprint density at radius 2 is 1.64 bits per heavy atom. The highest BCUT2D eigenvalue weighted by molar-refractivity contribution is 5.38. The molecule has 0 radical (unpaired) electrons. The van der Waals surface area contributed by atoms with E-state index in [2.05, 4.69) is 43.4 Å². The number of aliphatic hydroxyl groups excluding tert-OH is 1. The monoisotopic (exact) mass is 505 g/mol. The Morgan fingerprint density at radius 1 is 1.03 bits per heavy atom. The second-order valence-electron chi connectivity index (χ2n) is 8.48. The summed E-state index contributed by atoms with van der Waals surface area (Å²) in [5.74, 6) is 0.685. The molecule has 0 unspecified atom stereocenters. The molecule has 1 aliphatic carbocycles. The molecule has 36 heavy (non-hydrogen) atoms. The normalized spacial score (nSPS) is 12.9. The highest BCUT2D eigenvalue weighted by atomic mass is 19.1. The molecule has 1 fully saturated rings. The van der Waals surface area contributed by atoms with Crippen molar-refractivity contribution in [1.29, 1.82) is 0 Å². The smallest absolute Gasteiger partial charge is 0.165 e. The second-order valence-corrected chi connectivity index (χ2v) is 8.48. The number of rotatable bonds is 11. The van der Waals surface area contributed by atoms with Crippen molar-refractivity contribution in [2.45, 2.75) is 72.8 Å². The van der Waals surface area contributed by atoms with Crippen molar-refractivity contribution in [3.05, 3.63) is 77.1 Å². The molecule has 2 aromatic rings. The molecule has 0 spiro atoms. The molecule has 1 atom stereocenters. The largest absolute Gasteiger partial charge is 0.490 e. The summed E-state index contributed by atoms with van der Waals surface area (Å²) >= 11 is 0. The maximum Gasteiger partial charge on any atom is 0.165 e. The van der Waals surface area contributed by atoms with E-state index >= 15 is 0 Å². The average Bonchev–Trinajstić information content (AvgIpc) is 3.76. The molecule has 206 valence electrons. The van der Waals surface area contributed by atoms with Crippen LogP contribution in [0.2, 0.25) is 0 Å². The molecular formula is C31H52FNO3. The van der Waals surface area contributed by atoms with E-state index in [-0.39, 0.29) is 13.3 Å². The number of benzene rings is 2. The van der Waals surface area contributed by atoms with Gasteiger partial charge in [0.25, 0.3) is 0 Å². The lowest BCUT2D eigenvalue weighted by Crippen LogP contribution is -2.18. The summed E-state index contributed by atoms with van der Waals surface area (Å²) < 4.78 is 24.7. The predicted octanol–water partition coefficient (Wildman–Crippen LogP) is 7.75. The van der Waals surface area contributed by atoms with Crippen LogP contribution in [0.5, 0.6) is 5.75 Å². The first-order valence-corrected chi connectivity index (χ1v) is 13.3. The third kappa shape index (κ3) is 14.4. The molecule has 2 aromatic carbocycles. The molecule has 1 aliphatic rings. The fraction of sp³-hybridized carbons (Fsp3) is 0.548. The topological polar surface area (TPSA) is 50.7 Å². The van der Waals surface area contributed by atoms with E-state index in [0.29, 0.717) is 18.3 Å². The van der Waals surface area contributed by atoms with Crippen molar-refractivity contribution in [3.63, 3.8) is 0 Å². The van der Waals surface area contributed by atoms with E-state index in [1.807, 2.05) is 52.1 Å². The van der Waals surface area contributed by atoms with Gasteiger partial charge in [0, 0.05) is 21.8 Å². The summed E-state index contributed by atoms with van der Waals surface area (Å²) in [6.07, 6.45) is 9.86.